The average molecular weight is 404 g/mol. The van der Waals surface area contributed by atoms with Crippen LogP contribution in [0.1, 0.15) is 25.7 Å². The average Bonchev–Trinajstić information content (AvgIpc) is 3.30. The summed E-state index contributed by atoms with van der Waals surface area (Å²) in [5.41, 5.74) is 2.16. The second kappa shape index (κ2) is 7.94. The van der Waals surface area contributed by atoms with Gasteiger partial charge in [0.15, 0.2) is 0 Å². The highest BCUT2D eigenvalue weighted by Crippen LogP contribution is 2.38. The van der Waals surface area contributed by atoms with E-state index in [9.17, 15) is 4.79 Å². The normalized spacial score (nSPS) is 14.8. The van der Waals surface area contributed by atoms with Crippen LogP contribution in [0.3, 0.4) is 0 Å². The van der Waals surface area contributed by atoms with Crippen molar-refractivity contribution < 1.29 is 4.79 Å². The van der Waals surface area contributed by atoms with E-state index < -0.39 is 0 Å². The monoisotopic (exact) mass is 403 g/mol. The maximum absolute atomic E-state index is 12.3. The summed E-state index contributed by atoms with van der Waals surface area (Å²) < 4.78 is 0. The molecule has 1 amide bonds. The van der Waals surface area contributed by atoms with E-state index in [1.165, 1.54) is 24.6 Å². The number of nitrogens with zero attached hydrogens (tertiary/aromatic N) is 2. The lowest BCUT2D eigenvalue weighted by molar-refractivity contribution is -0.119. The highest BCUT2D eigenvalue weighted by molar-refractivity contribution is 8.00. The van der Waals surface area contributed by atoms with E-state index in [2.05, 4.69) is 20.7 Å². The van der Waals surface area contributed by atoms with Crippen LogP contribution in [0.2, 0.25) is 5.02 Å². The Kier molecular flexibility index (Phi) is 5.43. The predicted octanol–water partition coefficient (Wildman–Crippen LogP) is 5.16. The first kappa shape index (κ1) is 17.8. The van der Waals surface area contributed by atoms with Gasteiger partial charge in [-0.2, -0.15) is 0 Å². The number of halogens is 1. The Labute approximate surface area is 165 Å². The fraction of sp³-hybridized carbons (Fsp3) is 0.316. The van der Waals surface area contributed by atoms with Crippen LogP contribution in [0.5, 0.6) is 0 Å². The summed E-state index contributed by atoms with van der Waals surface area (Å²) in [6.45, 7) is 0. The van der Waals surface area contributed by atoms with Gasteiger partial charge in [-0.25, -0.2) is 9.97 Å². The van der Waals surface area contributed by atoms with Gasteiger partial charge in [0.2, 0.25) is 5.91 Å². The molecule has 1 N–H and O–H groups in total. The van der Waals surface area contributed by atoms with Gasteiger partial charge >= 0.3 is 0 Å². The Morgan fingerprint density at radius 2 is 2.00 bits per heavy atom. The number of benzene rings is 1. The third-order valence-corrected chi connectivity index (χ3v) is 6.68. The number of hydrogen-bond donors (Lipinski definition) is 1. The summed E-state index contributed by atoms with van der Waals surface area (Å²) in [6.07, 6.45) is 6.19. The van der Waals surface area contributed by atoms with Gasteiger partial charge < -0.3 is 5.32 Å². The molecule has 0 bridgehead atoms. The lowest BCUT2D eigenvalue weighted by atomic mass is 10.1. The molecule has 1 aliphatic rings. The Morgan fingerprint density at radius 3 is 2.77 bits per heavy atom. The third-order valence-electron chi connectivity index (χ3n) is 4.55. The smallest absolute Gasteiger partial charge is 0.230 e. The molecule has 1 aromatic carbocycles. The van der Waals surface area contributed by atoms with Crippen LogP contribution in [-0.2, 0) is 4.79 Å². The fourth-order valence-corrected chi connectivity index (χ4v) is 5.20. The summed E-state index contributed by atoms with van der Waals surface area (Å²) in [5.74, 6) is 0.454. The standard InChI is InChI=1S/C19H18ClN3OS2/c20-13-7-5-12(6-8-13)15-9-25-18-17(15)19(22-11-21-18)26-10-16(24)23-14-3-1-2-4-14/h5-9,11,14H,1-4,10H2,(H,23,24). The number of thiophene rings is 1. The Hall–Kier alpha value is -1.63. The minimum Gasteiger partial charge on any atom is -0.353 e. The number of amides is 1. The maximum atomic E-state index is 12.3. The van der Waals surface area contributed by atoms with Crippen molar-refractivity contribution in [1.82, 2.24) is 15.3 Å². The molecular formula is C19H18ClN3OS2. The number of nitrogens with one attached hydrogen (secondary N) is 1. The van der Waals surface area contributed by atoms with Gasteiger partial charge in [0, 0.05) is 22.0 Å². The molecule has 2 aromatic heterocycles. The SMILES string of the molecule is O=C(CSc1ncnc2scc(-c3ccc(Cl)cc3)c12)NC1CCCC1. The largest absolute Gasteiger partial charge is 0.353 e. The van der Waals surface area contributed by atoms with E-state index in [4.69, 9.17) is 11.6 Å². The summed E-state index contributed by atoms with van der Waals surface area (Å²) in [5, 5.41) is 7.79. The van der Waals surface area contributed by atoms with Gasteiger partial charge in [-0.3, -0.25) is 4.79 Å². The number of carbonyl (C=O) groups excluding carboxylic acids is 1. The Balaban J connectivity index is 1.56. The summed E-state index contributed by atoms with van der Waals surface area (Å²) in [7, 11) is 0. The first-order chi connectivity index (χ1) is 12.7. The molecule has 134 valence electrons. The minimum absolute atomic E-state index is 0.0805. The van der Waals surface area contributed by atoms with E-state index in [1.54, 1.807) is 17.7 Å². The van der Waals surface area contributed by atoms with Crippen LogP contribution in [0.4, 0.5) is 0 Å². The summed E-state index contributed by atoms with van der Waals surface area (Å²) >= 11 is 9.07. The molecule has 1 aliphatic carbocycles. The molecule has 0 aliphatic heterocycles. The van der Waals surface area contributed by atoms with E-state index in [-0.39, 0.29) is 5.91 Å². The van der Waals surface area contributed by atoms with Crippen molar-refractivity contribution in [2.45, 2.75) is 36.8 Å². The molecule has 2 heterocycles. The summed E-state index contributed by atoms with van der Waals surface area (Å²) in [6, 6.07) is 8.10. The third kappa shape index (κ3) is 3.87. The van der Waals surface area contributed by atoms with Crippen molar-refractivity contribution in [3.8, 4) is 11.1 Å². The molecule has 3 aromatic rings. The maximum Gasteiger partial charge on any atom is 0.230 e. The van der Waals surface area contributed by atoms with Crippen LogP contribution in [-0.4, -0.2) is 27.7 Å². The van der Waals surface area contributed by atoms with E-state index in [1.807, 2.05) is 24.3 Å². The van der Waals surface area contributed by atoms with Crippen molar-refractivity contribution in [2.75, 3.05) is 5.75 Å². The number of fused-ring (bicyclic) bond motifs is 1. The molecule has 0 unspecified atom stereocenters. The number of hydrogen-bond acceptors (Lipinski definition) is 5. The van der Waals surface area contributed by atoms with Gasteiger partial charge in [-0.1, -0.05) is 48.3 Å². The van der Waals surface area contributed by atoms with Crippen molar-refractivity contribution >= 4 is 50.8 Å². The van der Waals surface area contributed by atoms with Gasteiger partial charge in [0.05, 0.1) is 11.1 Å². The molecule has 7 heteroatoms. The van der Waals surface area contributed by atoms with Gasteiger partial charge in [0.25, 0.3) is 0 Å². The second-order valence-corrected chi connectivity index (χ2v) is 8.61. The lowest BCUT2D eigenvalue weighted by Gasteiger charge is -2.11. The van der Waals surface area contributed by atoms with Crippen LogP contribution < -0.4 is 5.32 Å². The van der Waals surface area contributed by atoms with E-state index in [0.717, 1.165) is 39.2 Å². The van der Waals surface area contributed by atoms with Crippen LogP contribution in [0.15, 0.2) is 41.0 Å². The number of thioether (sulfide) groups is 1. The second-order valence-electron chi connectivity index (χ2n) is 6.35. The zero-order chi connectivity index (χ0) is 17.9. The molecule has 1 fully saturated rings. The molecule has 4 nitrogen and oxygen atoms in total. The highest BCUT2D eigenvalue weighted by atomic mass is 35.5. The molecule has 0 saturated heterocycles. The number of carbonyl (C=O) groups is 1. The molecule has 0 atom stereocenters. The minimum atomic E-state index is 0.0805. The molecule has 0 spiro atoms. The summed E-state index contributed by atoms with van der Waals surface area (Å²) in [4.78, 5) is 22.0. The molecule has 4 rings (SSSR count). The van der Waals surface area contributed by atoms with Crippen molar-refractivity contribution in [3.05, 3.63) is 41.0 Å². The van der Waals surface area contributed by atoms with Crippen LogP contribution in [0.25, 0.3) is 21.3 Å². The van der Waals surface area contributed by atoms with Gasteiger partial charge in [0.1, 0.15) is 16.2 Å². The van der Waals surface area contributed by atoms with E-state index >= 15 is 0 Å². The fourth-order valence-electron chi connectivity index (χ4n) is 3.27. The molecule has 1 saturated carbocycles. The van der Waals surface area contributed by atoms with E-state index in [0.29, 0.717) is 16.8 Å². The zero-order valence-electron chi connectivity index (χ0n) is 14.1. The predicted molar refractivity (Wildman–Crippen MR) is 109 cm³/mol. The molecule has 0 radical (unpaired) electrons. The van der Waals surface area contributed by atoms with Gasteiger partial charge in [-0.15, -0.1) is 11.3 Å². The quantitative estimate of drug-likeness (QED) is 0.472. The van der Waals surface area contributed by atoms with Crippen LogP contribution in [0, 0.1) is 0 Å². The van der Waals surface area contributed by atoms with Gasteiger partial charge in [-0.05, 0) is 30.5 Å². The zero-order valence-corrected chi connectivity index (χ0v) is 16.5. The van der Waals surface area contributed by atoms with Crippen molar-refractivity contribution in [1.29, 1.82) is 0 Å². The molecule has 26 heavy (non-hydrogen) atoms. The van der Waals surface area contributed by atoms with Crippen molar-refractivity contribution in [2.24, 2.45) is 0 Å². The first-order valence-corrected chi connectivity index (χ1v) is 10.9. The van der Waals surface area contributed by atoms with Crippen LogP contribution >= 0.6 is 34.7 Å². The first-order valence-electron chi connectivity index (χ1n) is 8.61. The van der Waals surface area contributed by atoms with Crippen molar-refractivity contribution in [3.63, 3.8) is 0 Å². The Bertz CT molecular complexity index is 920. The molecular weight excluding hydrogens is 386 g/mol. The highest BCUT2D eigenvalue weighted by Gasteiger charge is 2.18. The lowest BCUT2D eigenvalue weighted by Crippen LogP contribution is -2.33. The number of aromatic nitrogens is 2. The number of rotatable bonds is 5. The topological polar surface area (TPSA) is 54.9 Å². The Morgan fingerprint density at radius 1 is 1.23 bits per heavy atom.